The molecule has 52 heavy (non-hydrogen) atoms. The fraction of sp³-hybridized carbons (Fsp3) is 0.683. The first-order chi connectivity index (χ1) is 24.3. The highest BCUT2D eigenvalue weighted by Crippen LogP contribution is 2.68. The third-order valence-corrected chi connectivity index (χ3v) is 13.1. The van der Waals surface area contributed by atoms with Crippen molar-refractivity contribution in [2.45, 2.75) is 136 Å². The standard InChI is InChI=1S/C41H56O11/c1-11-30-49-28-18-29-40(20-47-29,52-25(7)42)33-35(51-36(44)26-15-13-12-14-16-26)41(46)19-27(48-37(45)32(43)22(4)17-21(2)3)23(5)31(38(41,8)9)24(6)34(50-30)39(28,33)10/h11-16,21-22,24,27-30,32-35,43,46H,1,17-20H2,2-10H3/t22-,24-,27-,28-,29+,30?,32?,33-,34-,35-,39+,40-,41+/m0/s1. The maximum absolute atomic E-state index is 14.2. The number of hydrogen-bond donors (Lipinski definition) is 2. The van der Waals surface area contributed by atoms with Gasteiger partial charge < -0.3 is 38.6 Å². The fourth-order valence-electron chi connectivity index (χ4n) is 10.7. The summed E-state index contributed by atoms with van der Waals surface area (Å²) in [5, 5.41) is 24.7. The second kappa shape index (κ2) is 13.6. The minimum absolute atomic E-state index is 0.00613. The first kappa shape index (κ1) is 38.6. The maximum Gasteiger partial charge on any atom is 0.338 e. The lowest BCUT2D eigenvalue weighted by molar-refractivity contribution is -0.403. The molecule has 11 heteroatoms. The second-order valence-corrected chi connectivity index (χ2v) is 17.0. The van der Waals surface area contributed by atoms with Gasteiger partial charge in [-0.05, 0) is 49.0 Å². The Kier molecular flexibility index (Phi) is 10.1. The molecule has 11 nitrogen and oxygen atoms in total. The molecule has 0 radical (unpaired) electrons. The third kappa shape index (κ3) is 5.86. The molecule has 1 aromatic rings. The fourth-order valence-corrected chi connectivity index (χ4v) is 10.7. The summed E-state index contributed by atoms with van der Waals surface area (Å²) in [7, 11) is 0. The van der Waals surface area contributed by atoms with Crippen LogP contribution in [-0.4, -0.2) is 88.8 Å². The normalized spacial score (nSPS) is 40.1. The van der Waals surface area contributed by atoms with Crippen molar-refractivity contribution in [3.8, 4) is 0 Å². The van der Waals surface area contributed by atoms with Gasteiger partial charge in [-0.15, -0.1) is 0 Å². The first-order valence-corrected chi connectivity index (χ1v) is 18.7. The van der Waals surface area contributed by atoms with Crippen LogP contribution < -0.4 is 0 Å². The van der Waals surface area contributed by atoms with Crippen molar-refractivity contribution < 1.29 is 53.0 Å². The summed E-state index contributed by atoms with van der Waals surface area (Å²) >= 11 is 0. The Labute approximate surface area is 307 Å². The van der Waals surface area contributed by atoms with E-state index >= 15 is 0 Å². The largest absolute Gasteiger partial charge is 0.456 e. The SMILES string of the molecule is C=CC1O[C@H]2C[C@H]3OC[C@@]3(OC(C)=O)[C@H]3[C@H](OC(=O)c4ccccc4)[C@]4(O)C[C@H](OC(=O)C(O)[C@@H](C)CC(C)C)C(C)=C([C@H](C)[C@H](O1)[C@]23C)C4(C)C. The lowest BCUT2D eigenvalue weighted by Crippen LogP contribution is -2.83. The molecule has 286 valence electrons. The average Bonchev–Trinajstić information content (AvgIpc) is 3.07. The predicted molar refractivity (Wildman–Crippen MR) is 190 cm³/mol. The minimum atomic E-state index is -1.91. The Hall–Kier alpha value is -3.09. The summed E-state index contributed by atoms with van der Waals surface area (Å²) in [5.41, 5.74) is -3.58. The van der Waals surface area contributed by atoms with E-state index in [4.69, 9.17) is 28.4 Å². The summed E-state index contributed by atoms with van der Waals surface area (Å²) in [6.45, 7) is 20.9. The van der Waals surface area contributed by atoms with E-state index in [0.717, 1.165) is 11.1 Å². The van der Waals surface area contributed by atoms with E-state index in [1.165, 1.54) is 6.92 Å². The zero-order valence-electron chi connectivity index (χ0n) is 31.9. The van der Waals surface area contributed by atoms with Gasteiger partial charge in [-0.2, -0.15) is 0 Å². The Morgan fingerprint density at radius 2 is 1.73 bits per heavy atom. The van der Waals surface area contributed by atoms with Crippen LogP contribution >= 0.6 is 0 Å². The van der Waals surface area contributed by atoms with Gasteiger partial charge in [0.15, 0.2) is 18.0 Å². The molecule has 2 aliphatic heterocycles. The van der Waals surface area contributed by atoms with E-state index < -0.39 is 94.7 Å². The molecule has 0 amide bonds. The molecule has 2 unspecified atom stereocenters. The van der Waals surface area contributed by atoms with Crippen molar-refractivity contribution in [3.05, 3.63) is 59.7 Å². The molecule has 6 rings (SSSR count). The van der Waals surface area contributed by atoms with Crippen LogP contribution in [-0.2, 0) is 38.0 Å². The number of carbonyl (C=O) groups excluding carboxylic acids is 3. The number of rotatable bonds is 9. The Morgan fingerprint density at radius 1 is 1.06 bits per heavy atom. The number of aliphatic hydroxyl groups is 2. The van der Waals surface area contributed by atoms with Crippen molar-refractivity contribution in [1.29, 1.82) is 0 Å². The van der Waals surface area contributed by atoms with Gasteiger partial charge in [0.1, 0.15) is 23.9 Å². The van der Waals surface area contributed by atoms with Crippen LogP contribution in [0.5, 0.6) is 0 Å². The molecule has 2 saturated carbocycles. The molecule has 0 spiro atoms. The first-order valence-electron chi connectivity index (χ1n) is 18.7. The molecule has 13 atom stereocenters. The van der Waals surface area contributed by atoms with E-state index in [1.807, 2.05) is 55.4 Å². The lowest BCUT2D eigenvalue weighted by atomic mass is 9.43. The van der Waals surface area contributed by atoms with Crippen molar-refractivity contribution in [1.82, 2.24) is 0 Å². The molecule has 2 saturated heterocycles. The average molecular weight is 725 g/mol. The Balaban J connectivity index is 1.58. The summed E-state index contributed by atoms with van der Waals surface area (Å²) in [6, 6.07) is 8.51. The molecule has 0 aromatic heterocycles. The molecule has 1 aromatic carbocycles. The topological polar surface area (TPSA) is 147 Å². The van der Waals surface area contributed by atoms with Crippen molar-refractivity contribution in [3.63, 3.8) is 0 Å². The molecule has 2 bridgehead atoms. The molecular formula is C41H56O11. The number of esters is 3. The molecule has 2 N–H and O–H groups in total. The second-order valence-electron chi connectivity index (χ2n) is 17.0. The van der Waals surface area contributed by atoms with Gasteiger partial charge in [-0.25, -0.2) is 9.59 Å². The smallest absolute Gasteiger partial charge is 0.338 e. The quantitative estimate of drug-likeness (QED) is 0.194. The number of ether oxygens (including phenoxy) is 6. The summed E-state index contributed by atoms with van der Waals surface area (Å²) in [5.74, 6) is -3.45. The van der Waals surface area contributed by atoms with Crippen LogP contribution in [0.4, 0.5) is 0 Å². The molecular weight excluding hydrogens is 668 g/mol. The lowest BCUT2D eigenvalue weighted by Gasteiger charge is -2.71. The third-order valence-electron chi connectivity index (χ3n) is 13.1. The van der Waals surface area contributed by atoms with Crippen molar-refractivity contribution >= 4 is 17.9 Å². The molecule has 5 aliphatic rings. The highest BCUT2D eigenvalue weighted by molar-refractivity contribution is 5.89. The predicted octanol–water partition coefficient (Wildman–Crippen LogP) is 5.32. The molecule has 3 aliphatic carbocycles. The van der Waals surface area contributed by atoms with Crippen LogP contribution in [0.2, 0.25) is 0 Å². The summed E-state index contributed by atoms with van der Waals surface area (Å²) in [6.07, 6.45) is -3.90. The molecule has 2 heterocycles. The zero-order chi connectivity index (χ0) is 38.1. The van der Waals surface area contributed by atoms with Gasteiger partial charge in [-0.3, -0.25) is 4.79 Å². The van der Waals surface area contributed by atoms with Crippen LogP contribution in [0.15, 0.2) is 54.1 Å². The van der Waals surface area contributed by atoms with E-state index in [-0.39, 0.29) is 30.4 Å². The van der Waals surface area contributed by atoms with Gasteiger partial charge in [-0.1, -0.05) is 78.8 Å². The van der Waals surface area contributed by atoms with E-state index in [9.17, 15) is 24.6 Å². The van der Waals surface area contributed by atoms with Gasteiger partial charge >= 0.3 is 17.9 Å². The number of aliphatic hydroxyl groups excluding tert-OH is 1. The minimum Gasteiger partial charge on any atom is -0.456 e. The van der Waals surface area contributed by atoms with Crippen LogP contribution in [0.3, 0.4) is 0 Å². The molecule has 4 fully saturated rings. The number of hydrogen-bond acceptors (Lipinski definition) is 11. The monoisotopic (exact) mass is 724 g/mol. The van der Waals surface area contributed by atoms with E-state index in [1.54, 1.807) is 36.4 Å². The maximum atomic E-state index is 14.2. The van der Waals surface area contributed by atoms with Gasteiger partial charge in [0.2, 0.25) is 0 Å². The number of carbonyl (C=O) groups is 3. The van der Waals surface area contributed by atoms with Crippen molar-refractivity contribution in [2.75, 3.05) is 6.61 Å². The Morgan fingerprint density at radius 3 is 2.31 bits per heavy atom. The summed E-state index contributed by atoms with van der Waals surface area (Å²) < 4.78 is 38.6. The number of benzene rings is 1. The highest BCUT2D eigenvalue weighted by Gasteiger charge is 2.79. The van der Waals surface area contributed by atoms with Gasteiger partial charge in [0.25, 0.3) is 0 Å². The highest BCUT2D eigenvalue weighted by atomic mass is 16.7. The Bertz CT molecular complexity index is 1600. The van der Waals surface area contributed by atoms with E-state index in [0.29, 0.717) is 12.8 Å². The zero-order valence-corrected chi connectivity index (χ0v) is 31.9. The summed E-state index contributed by atoms with van der Waals surface area (Å²) in [4.78, 5) is 40.9. The van der Waals surface area contributed by atoms with Gasteiger partial charge in [0.05, 0.1) is 30.3 Å². The van der Waals surface area contributed by atoms with Gasteiger partial charge in [0, 0.05) is 36.5 Å². The van der Waals surface area contributed by atoms with Crippen LogP contribution in [0.1, 0.15) is 91.9 Å². The number of fused-ring (bicyclic) bond motifs is 4. The van der Waals surface area contributed by atoms with E-state index in [2.05, 4.69) is 6.58 Å². The van der Waals surface area contributed by atoms with Crippen LogP contribution in [0, 0.1) is 34.5 Å². The van der Waals surface area contributed by atoms with Crippen LogP contribution in [0.25, 0.3) is 0 Å². The van der Waals surface area contributed by atoms with Crippen molar-refractivity contribution in [2.24, 2.45) is 34.5 Å².